The molecular weight excluding hydrogens is 172 g/mol. The molecule has 0 saturated heterocycles. The van der Waals surface area contributed by atoms with Gasteiger partial charge in [0.25, 0.3) is 0 Å². The SMILES string of the molecule is CO[SiH](O[SiH3])c1ccccc1. The first-order valence-electron chi connectivity index (χ1n) is 3.49. The molecule has 0 saturated carbocycles. The minimum atomic E-state index is -1.49. The molecule has 0 aliphatic rings. The van der Waals surface area contributed by atoms with Gasteiger partial charge in [-0.2, -0.15) is 0 Å². The zero-order valence-electron chi connectivity index (χ0n) is 6.78. The van der Waals surface area contributed by atoms with Gasteiger partial charge in [0.15, 0.2) is 0 Å². The van der Waals surface area contributed by atoms with Crippen LogP contribution in [0.15, 0.2) is 30.3 Å². The Hall–Kier alpha value is -0.426. The molecule has 1 aromatic carbocycles. The Labute approximate surface area is 71.5 Å². The summed E-state index contributed by atoms with van der Waals surface area (Å²) in [5, 5.41) is 1.21. The van der Waals surface area contributed by atoms with Gasteiger partial charge in [0.05, 0.1) is 0 Å². The smallest absolute Gasteiger partial charge is 0.344 e. The van der Waals surface area contributed by atoms with Crippen LogP contribution in [0.3, 0.4) is 0 Å². The molecule has 2 nitrogen and oxygen atoms in total. The molecule has 0 amide bonds. The van der Waals surface area contributed by atoms with Crippen LogP contribution in [0.5, 0.6) is 0 Å². The monoisotopic (exact) mass is 184 g/mol. The van der Waals surface area contributed by atoms with E-state index in [1.807, 2.05) is 18.2 Å². The summed E-state index contributed by atoms with van der Waals surface area (Å²) in [5.74, 6) is 0. The predicted octanol–water partition coefficient (Wildman–Crippen LogP) is -0.943. The molecule has 0 radical (unpaired) electrons. The van der Waals surface area contributed by atoms with Gasteiger partial charge in [-0.15, -0.1) is 0 Å². The summed E-state index contributed by atoms with van der Waals surface area (Å²) in [5.41, 5.74) is 0. The molecule has 0 spiro atoms. The molecular formula is C7H12O2Si2. The quantitative estimate of drug-likeness (QED) is 0.564. The fraction of sp³-hybridized carbons (Fsp3) is 0.143. The van der Waals surface area contributed by atoms with Crippen molar-refractivity contribution in [1.29, 1.82) is 0 Å². The lowest BCUT2D eigenvalue weighted by molar-refractivity contribution is 0.359. The maximum Gasteiger partial charge on any atom is 0.344 e. The number of hydrogen-bond donors (Lipinski definition) is 0. The van der Waals surface area contributed by atoms with Crippen LogP contribution in [0, 0.1) is 0 Å². The Morgan fingerprint density at radius 2 is 1.91 bits per heavy atom. The van der Waals surface area contributed by atoms with Crippen molar-refractivity contribution >= 4 is 25.0 Å². The summed E-state index contributed by atoms with van der Waals surface area (Å²) >= 11 is 0. The van der Waals surface area contributed by atoms with E-state index in [4.69, 9.17) is 8.54 Å². The number of hydrogen-bond acceptors (Lipinski definition) is 2. The van der Waals surface area contributed by atoms with Crippen molar-refractivity contribution in [2.24, 2.45) is 0 Å². The van der Waals surface area contributed by atoms with Crippen LogP contribution in [0.4, 0.5) is 0 Å². The van der Waals surface area contributed by atoms with E-state index in [-0.39, 0.29) is 0 Å². The highest BCUT2D eigenvalue weighted by Gasteiger charge is 2.10. The molecule has 0 heterocycles. The Bertz CT molecular complexity index is 199. The van der Waals surface area contributed by atoms with Gasteiger partial charge in [-0.25, -0.2) is 0 Å². The molecule has 4 heteroatoms. The van der Waals surface area contributed by atoms with Gasteiger partial charge in [-0.3, -0.25) is 0 Å². The van der Waals surface area contributed by atoms with Gasteiger partial charge in [-0.1, -0.05) is 30.3 Å². The average Bonchev–Trinajstić information content (AvgIpc) is 2.09. The van der Waals surface area contributed by atoms with E-state index in [0.717, 1.165) is 10.5 Å². The zero-order chi connectivity index (χ0) is 8.10. The average molecular weight is 184 g/mol. The van der Waals surface area contributed by atoms with Gasteiger partial charge >= 0.3 is 9.28 Å². The summed E-state index contributed by atoms with van der Waals surface area (Å²) in [6.45, 7) is 0. The molecule has 0 aromatic heterocycles. The molecule has 0 fully saturated rings. The van der Waals surface area contributed by atoms with Crippen molar-refractivity contribution in [1.82, 2.24) is 0 Å². The maximum absolute atomic E-state index is 5.34. The van der Waals surface area contributed by atoms with E-state index in [9.17, 15) is 0 Å². The maximum atomic E-state index is 5.34. The van der Waals surface area contributed by atoms with Crippen molar-refractivity contribution in [3.63, 3.8) is 0 Å². The highest BCUT2D eigenvalue weighted by molar-refractivity contribution is 6.64. The standard InChI is InChI=1S/C7H12O2Si2/c1-8-11(9-10)7-5-3-2-4-6-7/h2-6,11H,1,10H3. The Morgan fingerprint density at radius 1 is 1.27 bits per heavy atom. The van der Waals surface area contributed by atoms with Crippen LogP contribution in [0.25, 0.3) is 0 Å². The van der Waals surface area contributed by atoms with Crippen molar-refractivity contribution in [3.8, 4) is 0 Å². The lowest BCUT2D eigenvalue weighted by Crippen LogP contribution is -2.34. The van der Waals surface area contributed by atoms with Crippen LogP contribution >= 0.6 is 0 Å². The highest BCUT2D eigenvalue weighted by atomic mass is 28.3. The van der Waals surface area contributed by atoms with Gasteiger partial charge in [-0.05, 0) is 5.19 Å². The molecule has 60 valence electrons. The predicted molar refractivity (Wildman–Crippen MR) is 51.3 cm³/mol. The summed E-state index contributed by atoms with van der Waals surface area (Å²) in [6, 6.07) is 10.1. The van der Waals surface area contributed by atoms with E-state index >= 15 is 0 Å². The Morgan fingerprint density at radius 3 is 2.36 bits per heavy atom. The molecule has 0 bridgehead atoms. The first kappa shape index (κ1) is 8.67. The molecule has 0 aliphatic carbocycles. The Balaban J connectivity index is 2.74. The van der Waals surface area contributed by atoms with E-state index in [2.05, 4.69) is 12.1 Å². The summed E-state index contributed by atoms with van der Waals surface area (Å²) in [6.07, 6.45) is 0. The van der Waals surface area contributed by atoms with Gasteiger partial charge in [0, 0.05) is 7.11 Å². The molecule has 1 atom stereocenters. The molecule has 0 N–H and O–H groups in total. The number of benzene rings is 1. The van der Waals surface area contributed by atoms with Crippen molar-refractivity contribution in [2.45, 2.75) is 0 Å². The summed E-state index contributed by atoms with van der Waals surface area (Å²) < 4.78 is 10.6. The second-order valence-electron chi connectivity index (χ2n) is 2.21. The molecule has 1 unspecified atom stereocenters. The van der Waals surface area contributed by atoms with Crippen LogP contribution in [0.2, 0.25) is 0 Å². The first-order valence-corrected chi connectivity index (χ1v) is 5.82. The third kappa shape index (κ3) is 2.26. The van der Waals surface area contributed by atoms with E-state index < -0.39 is 9.28 Å². The summed E-state index contributed by atoms with van der Waals surface area (Å²) in [7, 11) is 0.975. The zero-order valence-corrected chi connectivity index (χ0v) is 9.94. The molecule has 11 heavy (non-hydrogen) atoms. The number of rotatable bonds is 3. The first-order chi connectivity index (χ1) is 5.38. The van der Waals surface area contributed by atoms with Crippen molar-refractivity contribution in [3.05, 3.63) is 30.3 Å². The van der Waals surface area contributed by atoms with Crippen molar-refractivity contribution in [2.75, 3.05) is 7.11 Å². The van der Waals surface area contributed by atoms with Crippen molar-refractivity contribution < 1.29 is 8.54 Å². The fourth-order valence-electron chi connectivity index (χ4n) is 0.979. The van der Waals surface area contributed by atoms with Crippen LogP contribution in [0.1, 0.15) is 0 Å². The Kier molecular flexibility index (Phi) is 3.51. The minimum Gasteiger partial charge on any atom is -0.444 e. The second-order valence-corrected chi connectivity index (χ2v) is 5.90. The second kappa shape index (κ2) is 4.45. The van der Waals surface area contributed by atoms with Crippen LogP contribution < -0.4 is 5.19 Å². The lowest BCUT2D eigenvalue weighted by Gasteiger charge is -2.10. The van der Waals surface area contributed by atoms with Gasteiger partial charge in [0.2, 0.25) is 0 Å². The third-order valence-electron chi connectivity index (χ3n) is 1.50. The largest absolute Gasteiger partial charge is 0.444 e. The highest BCUT2D eigenvalue weighted by Crippen LogP contribution is 1.88. The molecule has 0 aliphatic heterocycles. The van der Waals surface area contributed by atoms with Crippen LogP contribution in [-0.2, 0) is 8.54 Å². The normalized spacial score (nSPS) is 13.2. The topological polar surface area (TPSA) is 18.5 Å². The van der Waals surface area contributed by atoms with E-state index in [0.29, 0.717) is 0 Å². The fourth-order valence-corrected chi connectivity index (χ4v) is 3.65. The molecule has 1 rings (SSSR count). The van der Waals surface area contributed by atoms with Gasteiger partial charge < -0.3 is 8.54 Å². The lowest BCUT2D eigenvalue weighted by atomic mass is 10.4. The minimum absolute atomic E-state index is 0.753. The summed E-state index contributed by atoms with van der Waals surface area (Å²) in [4.78, 5) is 0. The van der Waals surface area contributed by atoms with Gasteiger partial charge in [0.1, 0.15) is 10.5 Å². The third-order valence-corrected chi connectivity index (χ3v) is 4.57. The van der Waals surface area contributed by atoms with E-state index in [1.165, 1.54) is 5.19 Å². The van der Waals surface area contributed by atoms with E-state index in [1.54, 1.807) is 7.11 Å². The molecule has 1 aromatic rings. The van der Waals surface area contributed by atoms with Crippen LogP contribution in [-0.4, -0.2) is 26.9 Å².